The molecule has 1 saturated heterocycles. The van der Waals surface area contributed by atoms with Crippen molar-refractivity contribution in [2.75, 3.05) is 19.6 Å². The number of benzene rings is 2. The van der Waals surface area contributed by atoms with Crippen LogP contribution < -0.4 is 0 Å². The van der Waals surface area contributed by atoms with Gasteiger partial charge in [-0.2, -0.15) is 0 Å². The van der Waals surface area contributed by atoms with Crippen molar-refractivity contribution in [2.45, 2.75) is 38.0 Å². The fourth-order valence-corrected chi connectivity index (χ4v) is 4.52. The van der Waals surface area contributed by atoms with Gasteiger partial charge in [-0.05, 0) is 80.4 Å². The summed E-state index contributed by atoms with van der Waals surface area (Å²) < 4.78 is 1.17. The maximum atomic E-state index is 3.54. The first-order valence-electron chi connectivity index (χ1n) is 9.82. The van der Waals surface area contributed by atoms with Gasteiger partial charge < -0.3 is 9.88 Å². The second kappa shape index (κ2) is 8.41. The summed E-state index contributed by atoms with van der Waals surface area (Å²) in [4.78, 5) is 6.06. The van der Waals surface area contributed by atoms with E-state index in [1.807, 2.05) is 0 Å². The Balaban J connectivity index is 1.26. The Morgan fingerprint density at radius 1 is 1.04 bits per heavy atom. The first kappa shape index (κ1) is 17.8. The SMILES string of the molecule is Brc1ccc(C2CCCN(CCCCc3c[nH]c4ccccc34)C2)cc1. The molecule has 0 radical (unpaired) electrons. The number of hydrogen-bond acceptors (Lipinski definition) is 1. The van der Waals surface area contributed by atoms with Crippen molar-refractivity contribution >= 4 is 26.8 Å². The van der Waals surface area contributed by atoms with Crippen LogP contribution in [0.3, 0.4) is 0 Å². The minimum absolute atomic E-state index is 0.700. The van der Waals surface area contributed by atoms with Crippen LogP contribution in [0.2, 0.25) is 0 Å². The molecule has 4 rings (SSSR count). The second-order valence-electron chi connectivity index (χ2n) is 7.51. The number of H-pyrrole nitrogens is 1. The molecular weight excluding hydrogens is 384 g/mol. The van der Waals surface area contributed by atoms with Gasteiger partial charge in [-0.15, -0.1) is 0 Å². The number of aryl methyl sites for hydroxylation is 1. The quantitative estimate of drug-likeness (QED) is 0.483. The van der Waals surface area contributed by atoms with E-state index in [0.717, 1.165) is 0 Å². The lowest BCUT2D eigenvalue weighted by atomic mass is 9.90. The van der Waals surface area contributed by atoms with Gasteiger partial charge in [0.1, 0.15) is 0 Å². The minimum Gasteiger partial charge on any atom is -0.361 e. The van der Waals surface area contributed by atoms with E-state index in [2.05, 4.69) is 80.5 Å². The topological polar surface area (TPSA) is 19.0 Å². The van der Waals surface area contributed by atoms with Crippen LogP contribution in [-0.2, 0) is 6.42 Å². The number of rotatable bonds is 6. The molecule has 1 atom stereocenters. The van der Waals surface area contributed by atoms with Crippen LogP contribution in [0.15, 0.2) is 59.2 Å². The predicted molar refractivity (Wildman–Crippen MR) is 114 cm³/mol. The number of nitrogens with one attached hydrogen (secondary N) is 1. The van der Waals surface area contributed by atoms with E-state index in [4.69, 9.17) is 0 Å². The van der Waals surface area contributed by atoms with E-state index in [1.165, 1.54) is 78.2 Å². The zero-order chi connectivity index (χ0) is 17.8. The summed E-state index contributed by atoms with van der Waals surface area (Å²) in [5.41, 5.74) is 4.22. The second-order valence-corrected chi connectivity index (χ2v) is 8.42. The standard InChI is InChI=1S/C23H27BrN2/c24-21-12-10-18(11-13-21)20-7-5-15-26(17-20)14-4-3-6-19-16-25-23-9-2-1-8-22(19)23/h1-2,8-13,16,20,25H,3-7,14-15,17H2. The molecule has 2 aromatic carbocycles. The summed E-state index contributed by atoms with van der Waals surface area (Å²) in [5.74, 6) is 0.700. The van der Waals surface area contributed by atoms with Crippen molar-refractivity contribution in [3.8, 4) is 0 Å². The Morgan fingerprint density at radius 2 is 1.88 bits per heavy atom. The summed E-state index contributed by atoms with van der Waals surface area (Å²) in [5, 5.41) is 1.39. The molecule has 1 unspecified atom stereocenters. The van der Waals surface area contributed by atoms with Crippen molar-refractivity contribution in [1.82, 2.24) is 9.88 Å². The first-order valence-corrected chi connectivity index (χ1v) is 10.6. The number of fused-ring (bicyclic) bond motifs is 1. The van der Waals surface area contributed by atoms with E-state index in [0.29, 0.717) is 5.92 Å². The van der Waals surface area contributed by atoms with Gasteiger partial charge in [-0.25, -0.2) is 0 Å². The van der Waals surface area contributed by atoms with Crippen LogP contribution in [0.4, 0.5) is 0 Å². The van der Waals surface area contributed by atoms with Gasteiger partial charge in [0, 0.05) is 28.1 Å². The molecule has 26 heavy (non-hydrogen) atoms. The van der Waals surface area contributed by atoms with Gasteiger partial charge in [0.2, 0.25) is 0 Å². The zero-order valence-electron chi connectivity index (χ0n) is 15.3. The van der Waals surface area contributed by atoms with E-state index in [-0.39, 0.29) is 0 Å². The molecule has 1 fully saturated rings. The largest absolute Gasteiger partial charge is 0.361 e. The van der Waals surface area contributed by atoms with Gasteiger partial charge in [-0.1, -0.05) is 46.3 Å². The van der Waals surface area contributed by atoms with Gasteiger partial charge in [0.15, 0.2) is 0 Å². The van der Waals surface area contributed by atoms with Crippen LogP contribution in [0.1, 0.15) is 42.7 Å². The Labute approximate surface area is 164 Å². The minimum atomic E-state index is 0.700. The Hall–Kier alpha value is -1.58. The molecule has 2 heterocycles. The molecular formula is C23H27BrN2. The summed E-state index contributed by atoms with van der Waals surface area (Å²) in [6.07, 6.45) is 8.56. The molecule has 0 bridgehead atoms. The summed E-state index contributed by atoms with van der Waals surface area (Å²) in [6.45, 7) is 3.71. The third kappa shape index (κ3) is 4.21. The molecule has 0 saturated carbocycles. The number of piperidine rings is 1. The Bertz CT molecular complexity index is 837. The molecule has 2 nitrogen and oxygen atoms in total. The number of aromatic nitrogens is 1. The van der Waals surface area contributed by atoms with E-state index < -0.39 is 0 Å². The monoisotopic (exact) mass is 410 g/mol. The van der Waals surface area contributed by atoms with Crippen molar-refractivity contribution < 1.29 is 0 Å². The Morgan fingerprint density at radius 3 is 2.77 bits per heavy atom. The average molecular weight is 411 g/mol. The van der Waals surface area contributed by atoms with Gasteiger partial charge in [0.25, 0.3) is 0 Å². The molecule has 0 spiro atoms. The zero-order valence-corrected chi connectivity index (χ0v) is 16.8. The molecule has 0 amide bonds. The molecule has 1 aliphatic heterocycles. The van der Waals surface area contributed by atoms with E-state index in [1.54, 1.807) is 0 Å². The van der Waals surface area contributed by atoms with E-state index >= 15 is 0 Å². The fraction of sp³-hybridized carbons (Fsp3) is 0.391. The van der Waals surface area contributed by atoms with E-state index in [9.17, 15) is 0 Å². The van der Waals surface area contributed by atoms with Gasteiger partial charge in [-0.3, -0.25) is 0 Å². The smallest absolute Gasteiger partial charge is 0.0456 e. The summed E-state index contributed by atoms with van der Waals surface area (Å²) in [6, 6.07) is 17.6. The fourth-order valence-electron chi connectivity index (χ4n) is 4.25. The van der Waals surface area contributed by atoms with Crippen LogP contribution in [0, 0.1) is 0 Å². The van der Waals surface area contributed by atoms with Gasteiger partial charge in [0.05, 0.1) is 0 Å². The van der Waals surface area contributed by atoms with Crippen molar-refractivity contribution in [3.05, 3.63) is 70.3 Å². The van der Waals surface area contributed by atoms with Crippen molar-refractivity contribution in [1.29, 1.82) is 0 Å². The normalized spacial score (nSPS) is 18.4. The number of unbranched alkanes of at least 4 members (excludes halogenated alkanes) is 1. The van der Waals surface area contributed by atoms with Crippen molar-refractivity contribution in [2.24, 2.45) is 0 Å². The maximum Gasteiger partial charge on any atom is 0.0456 e. The number of hydrogen-bond donors (Lipinski definition) is 1. The predicted octanol–water partition coefficient (Wildman–Crippen LogP) is 6.13. The van der Waals surface area contributed by atoms with Crippen LogP contribution in [0.25, 0.3) is 10.9 Å². The van der Waals surface area contributed by atoms with Crippen LogP contribution >= 0.6 is 15.9 Å². The number of halogens is 1. The highest BCUT2D eigenvalue weighted by Crippen LogP contribution is 2.28. The highest BCUT2D eigenvalue weighted by molar-refractivity contribution is 9.10. The average Bonchev–Trinajstić information content (AvgIpc) is 3.09. The van der Waals surface area contributed by atoms with Crippen molar-refractivity contribution in [3.63, 3.8) is 0 Å². The lowest BCUT2D eigenvalue weighted by Crippen LogP contribution is -2.35. The lowest BCUT2D eigenvalue weighted by molar-refractivity contribution is 0.204. The number of nitrogens with zero attached hydrogens (tertiary/aromatic N) is 1. The third-order valence-electron chi connectivity index (χ3n) is 5.69. The Kier molecular flexibility index (Phi) is 5.76. The highest BCUT2D eigenvalue weighted by atomic mass is 79.9. The molecule has 1 N–H and O–H groups in total. The molecule has 136 valence electrons. The molecule has 3 aromatic rings. The summed E-state index contributed by atoms with van der Waals surface area (Å²) >= 11 is 3.54. The molecule has 1 aromatic heterocycles. The van der Waals surface area contributed by atoms with Crippen LogP contribution in [0.5, 0.6) is 0 Å². The number of para-hydroxylation sites is 1. The number of aromatic amines is 1. The first-order chi connectivity index (χ1) is 12.8. The molecule has 3 heteroatoms. The molecule has 0 aliphatic carbocycles. The van der Waals surface area contributed by atoms with Gasteiger partial charge >= 0.3 is 0 Å². The third-order valence-corrected chi connectivity index (χ3v) is 6.22. The highest BCUT2D eigenvalue weighted by Gasteiger charge is 2.20. The lowest BCUT2D eigenvalue weighted by Gasteiger charge is -2.33. The number of likely N-dealkylation sites (tertiary alicyclic amines) is 1. The van der Waals surface area contributed by atoms with Crippen LogP contribution in [-0.4, -0.2) is 29.5 Å². The molecule has 1 aliphatic rings. The maximum absolute atomic E-state index is 3.54. The summed E-state index contributed by atoms with van der Waals surface area (Å²) in [7, 11) is 0.